The predicted octanol–water partition coefficient (Wildman–Crippen LogP) is 5.07. The summed E-state index contributed by atoms with van der Waals surface area (Å²) < 4.78 is 0. The molecule has 1 aliphatic carbocycles. The molecule has 1 aliphatic rings. The van der Waals surface area contributed by atoms with E-state index < -0.39 is 0 Å². The summed E-state index contributed by atoms with van der Waals surface area (Å²) in [6.07, 6.45) is 7.38. The smallest absolute Gasteiger partial charge is 0.188 e. The standard InChI is InChI=1S/C14H14Cl2O/c15-12-7-11(8-13(16)9-12)14(17)10-5-3-1-2-4-6-10/h5,7-9H,1-4,6H2. The van der Waals surface area contributed by atoms with Gasteiger partial charge < -0.3 is 0 Å². The Morgan fingerprint density at radius 3 is 2.41 bits per heavy atom. The van der Waals surface area contributed by atoms with Gasteiger partial charge in [0, 0.05) is 15.6 Å². The second-order valence-electron chi connectivity index (χ2n) is 4.32. The molecule has 0 amide bonds. The second kappa shape index (κ2) is 5.70. The Morgan fingerprint density at radius 2 is 1.71 bits per heavy atom. The average molecular weight is 269 g/mol. The number of hydrogen-bond acceptors (Lipinski definition) is 1. The van der Waals surface area contributed by atoms with Gasteiger partial charge in [0.25, 0.3) is 0 Å². The molecule has 0 N–H and O–H groups in total. The molecule has 0 spiro atoms. The van der Waals surface area contributed by atoms with E-state index in [4.69, 9.17) is 23.2 Å². The van der Waals surface area contributed by atoms with Crippen molar-refractivity contribution in [2.45, 2.75) is 32.1 Å². The molecule has 1 nitrogen and oxygen atoms in total. The Bertz CT molecular complexity index is 443. The van der Waals surface area contributed by atoms with Crippen LogP contribution in [0.1, 0.15) is 42.5 Å². The third-order valence-corrected chi connectivity index (χ3v) is 3.39. The lowest BCUT2D eigenvalue weighted by molar-refractivity contribution is 0.103. The van der Waals surface area contributed by atoms with E-state index >= 15 is 0 Å². The predicted molar refractivity (Wildman–Crippen MR) is 72.0 cm³/mol. The van der Waals surface area contributed by atoms with Gasteiger partial charge in [-0.3, -0.25) is 4.79 Å². The highest BCUT2D eigenvalue weighted by Crippen LogP contribution is 2.24. The van der Waals surface area contributed by atoms with Crippen molar-refractivity contribution in [2.75, 3.05) is 0 Å². The lowest BCUT2D eigenvalue weighted by Gasteiger charge is -2.05. The zero-order valence-electron chi connectivity index (χ0n) is 9.51. The zero-order valence-corrected chi connectivity index (χ0v) is 11.0. The number of carbonyl (C=O) groups excluding carboxylic acids is 1. The number of rotatable bonds is 2. The highest BCUT2D eigenvalue weighted by molar-refractivity contribution is 6.35. The summed E-state index contributed by atoms with van der Waals surface area (Å²) in [5.74, 6) is 0.0660. The molecule has 0 unspecified atom stereocenters. The first kappa shape index (κ1) is 12.7. The van der Waals surface area contributed by atoms with Crippen LogP contribution < -0.4 is 0 Å². The average Bonchev–Trinajstić information content (AvgIpc) is 2.55. The van der Waals surface area contributed by atoms with Crippen LogP contribution in [0.5, 0.6) is 0 Å². The van der Waals surface area contributed by atoms with Gasteiger partial charge in [-0.2, -0.15) is 0 Å². The van der Waals surface area contributed by atoms with Crippen molar-refractivity contribution in [3.63, 3.8) is 0 Å². The molecular formula is C14H14Cl2O. The highest BCUT2D eigenvalue weighted by atomic mass is 35.5. The van der Waals surface area contributed by atoms with E-state index in [-0.39, 0.29) is 5.78 Å². The Morgan fingerprint density at radius 1 is 1.00 bits per heavy atom. The van der Waals surface area contributed by atoms with Crippen molar-refractivity contribution in [1.82, 2.24) is 0 Å². The van der Waals surface area contributed by atoms with Crippen molar-refractivity contribution in [2.24, 2.45) is 0 Å². The lowest BCUT2D eigenvalue weighted by atomic mass is 10.00. The van der Waals surface area contributed by atoms with Crippen molar-refractivity contribution >= 4 is 29.0 Å². The van der Waals surface area contributed by atoms with Crippen LogP contribution in [0.25, 0.3) is 0 Å². The first-order valence-electron chi connectivity index (χ1n) is 5.86. The molecule has 0 saturated carbocycles. The maximum atomic E-state index is 12.3. The summed E-state index contributed by atoms with van der Waals surface area (Å²) in [7, 11) is 0. The molecule has 2 rings (SSSR count). The summed E-state index contributed by atoms with van der Waals surface area (Å²) in [5.41, 5.74) is 1.50. The molecule has 0 atom stereocenters. The number of hydrogen-bond donors (Lipinski definition) is 0. The van der Waals surface area contributed by atoms with Crippen molar-refractivity contribution in [3.05, 3.63) is 45.5 Å². The quantitative estimate of drug-likeness (QED) is 0.685. The molecule has 0 saturated heterocycles. The summed E-state index contributed by atoms with van der Waals surface area (Å²) in [6, 6.07) is 5.00. The van der Waals surface area contributed by atoms with Crippen LogP contribution in [-0.4, -0.2) is 5.78 Å². The van der Waals surface area contributed by atoms with Gasteiger partial charge in [0.05, 0.1) is 0 Å². The number of Topliss-reactive ketones (excluding diaryl/α,β-unsaturated/α-hetero) is 1. The monoisotopic (exact) mass is 268 g/mol. The lowest BCUT2D eigenvalue weighted by Crippen LogP contribution is -2.03. The van der Waals surface area contributed by atoms with Crippen LogP contribution in [0.3, 0.4) is 0 Å². The van der Waals surface area contributed by atoms with Gasteiger partial charge in [-0.15, -0.1) is 0 Å². The summed E-state index contributed by atoms with van der Waals surface area (Å²) in [4.78, 5) is 12.3. The first-order chi connectivity index (χ1) is 8.16. The van der Waals surface area contributed by atoms with Gasteiger partial charge in [-0.05, 0) is 49.5 Å². The first-order valence-corrected chi connectivity index (χ1v) is 6.62. The molecule has 3 heteroatoms. The molecule has 0 radical (unpaired) electrons. The third kappa shape index (κ3) is 3.34. The topological polar surface area (TPSA) is 17.1 Å². The second-order valence-corrected chi connectivity index (χ2v) is 5.19. The summed E-state index contributed by atoms with van der Waals surface area (Å²) >= 11 is 11.8. The van der Waals surface area contributed by atoms with Gasteiger partial charge in [0.2, 0.25) is 0 Å². The molecular weight excluding hydrogens is 255 g/mol. The Balaban J connectivity index is 2.26. The Labute approximate surface area is 111 Å². The number of benzene rings is 1. The molecule has 0 fully saturated rings. The maximum Gasteiger partial charge on any atom is 0.188 e. The molecule has 1 aromatic carbocycles. The molecule has 0 heterocycles. The minimum Gasteiger partial charge on any atom is -0.289 e. The molecule has 0 aromatic heterocycles. The van der Waals surface area contributed by atoms with Crippen molar-refractivity contribution in [3.8, 4) is 0 Å². The minimum absolute atomic E-state index is 0.0660. The van der Waals surface area contributed by atoms with Gasteiger partial charge in [0.15, 0.2) is 5.78 Å². The molecule has 0 aliphatic heterocycles. The summed E-state index contributed by atoms with van der Waals surface area (Å²) in [5, 5.41) is 1.02. The zero-order chi connectivity index (χ0) is 12.3. The molecule has 17 heavy (non-hydrogen) atoms. The van der Waals surface area contributed by atoms with E-state index in [2.05, 4.69) is 6.08 Å². The Kier molecular flexibility index (Phi) is 4.25. The number of carbonyl (C=O) groups is 1. The number of allylic oxidation sites excluding steroid dienone is 2. The normalized spacial score (nSPS) is 16.2. The number of ketones is 1. The van der Waals surface area contributed by atoms with Gasteiger partial charge in [0.1, 0.15) is 0 Å². The van der Waals surface area contributed by atoms with E-state index in [0.717, 1.165) is 24.8 Å². The fourth-order valence-corrected chi connectivity index (χ4v) is 2.62. The van der Waals surface area contributed by atoms with Crippen molar-refractivity contribution < 1.29 is 4.79 Å². The molecule has 1 aromatic rings. The van der Waals surface area contributed by atoms with E-state index in [1.165, 1.54) is 12.8 Å². The van der Waals surface area contributed by atoms with E-state index in [1.54, 1.807) is 18.2 Å². The van der Waals surface area contributed by atoms with E-state index in [9.17, 15) is 4.79 Å². The maximum absolute atomic E-state index is 12.3. The van der Waals surface area contributed by atoms with Crippen LogP contribution in [0, 0.1) is 0 Å². The molecule has 90 valence electrons. The SMILES string of the molecule is O=C(C1=CCCCCC1)c1cc(Cl)cc(Cl)c1. The Hall–Kier alpha value is -0.790. The fourth-order valence-electron chi connectivity index (χ4n) is 2.09. The minimum atomic E-state index is 0.0660. The largest absolute Gasteiger partial charge is 0.289 e. The third-order valence-electron chi connectivity index (χ3n) is 2.96. The van der Waals surface area contributed by atoms with Gasteiger partial charge in [-0.25, -0.2) is 0 Å². The van der Waals surface area contributed by atoms with Crippen molar-refractivity contribution in [1.29, 1.82) is 0 Å². The van der Waals surface area contributed by atoms with Crippen LogP contribution in [0.2, 0.25) is 10.0 Å². The summed E-state index contributed by atoms with van der Waals surface area (Å²) in [6.45, 7) is 0. The van der Waals surface area contributed by atoms with Crippen LogP contribution in [0.15, 0.2) is 29.8 Å². The van der Waals surface area contributed by atoms with Gasteiger partial charge >= 0.3 is 0 Å². The number of halogens is 2. The van der Waals surface area contributed by atoms with Crippen LogP contribution >= 0.6 is 23.2 Å². The van der Waals surface area contributed by atoms with E-state index in [1.807, 2.05) is 0 Å². The van der Waals surface area contributed by atoms with Gasteiger partial charge in [-0.1, -0.05) is 35.7 Å². The van der Waals surface area contributed by atoms with Crippen LogP contribution in [-0.2, 0) is 0 Å². The highest BCUT2D eigenvalue weighted by Gasteiger charge is 2.14. The van der Waals surface area contributed by atoms with E-state index in [0.29, 0.717) is 15.6 Å². The molecule has 0 bridgehead atoms. The van der Waals surface area contributed by atoms with Crippen LogP contribution in [0.4, 0.5) is 0 Å². The fraction of sp³-hybridized carbons (Fsp3) is 0.357.